The van der Waals surface area contributed by atoms with Gasteiger partial charge in [-0.25, -0.2) is 0 Å². The van der Waals surface area contributed by atoms with Crippen LogP contribution in [0, 0.1) is 11.3 Å². The van der Waals surface area contributed by atoms with Gasteiger partial charge in [0.05, 0.1) is 0 Å². The van der Waals surface area contributed by atoms with Crippen LogP contribution in [0.1, 0.15) is 37.7 Å². The molecule has 1 atom stereocenters. The highest BCUT2D eigenvalue weighted by Gasteiger charge is 2.31. The average molecular weight is 372 g/mol. The molecule has 2 rings (SSSR count). The summed E-state index contributed by atoms with van der Waals surface area (Å²) in [7, 11) is 0. The van der Waals surface area contributed by atoms with Crippen LogP contribution in [0.15, 0.2) is 36.5 Å². The first-order valence-corrected chi connectivity index (χ1v) is 8.80. The monoisotopic (exact) mass is 372 g/mol. The molecule has 0 bridgehead atoms. The molecular weight excluding hydrogens is 348 g/mol. The van der Waals surface area contributed by atoms with Crippen molar-refractivity contribution in [1.29, 1.82) is 5.41 Å². The third-order valence-electron chi connectivity index (χ3n) is 4.36. The number of amidine groups is 1. The number of nitrogens with one attached hydrogen (secondary N) is 2. The summed E-state index contributed by atoms with van der Waals surface area (Å²) in [5.41, 5.74) is 6.76. The second-order valence-corrected chi connectivity index (χ2v) is 6.40. The van der Waals surface area contributed by atoms with Gasteiger partial charge in [0.2, 0.25) is 11.8 Å². The Morgan fingerprint density at radius 3 is 2.67 bits per heavy atom. The Bertz CT molecular complexity index is 743. The molecule has 1 saturated heterocycles. The summed E-state index contributed by atoms with van der Waals surface area (Å²) >= 11 is 0. The molecule has 0 saturated carbocycles. The lowest BCUT2D eigenvalue weighted by Gasteiger charge is -2.32. The molecule has 0 spiro atoms. The first-order chi connectivity index (χ1) is 12.9. The minimum Gasteiger partial charge on any atom is -0.481 e. The van der Waals surface area contributed by atoms with E-state index in [-0.39, 0.29) is 30.5 Å². The molecule has 0 aliphatic carbocycles. The number of piperidine rings is 1. The Kier molecular flexibility index (Phi) is 7.10. The number of hydrogen-bond donors (Lipinski definition) is 4. The molecule has 8 nitrogen and oxygen atoms in total. The van der Waals surface area contributed by atoms with Crippen LogP contribution < -0.4 is 16.0 Å². The van der Waals surface area contributed by atoms with Crippen molar-refractivity contribution in [3.63, 3.8) is 0 Å². The number of rotatable bonds is 8. The predicted octanol–water partition coefficient (Wildman–Crippen LogP) is 1.60. The number of allylic oxidation sites excluding steroid dienone is 1. The molecule has 1 aliphatic heterocycles. The van der Waals surface area contributed by atoms with Crippen LogP contribution in [0.4, 0.5) is 5.69 Å². The first kappa shape index (κ1) is 20.2. The van der Waals surface area contributed by atoms with E-state index in [0.29, 0.717) is 24.9 Å². The van der Waals surface area contributed by atoms with Gasteiger partial charge in [0.15, 0.2) is 0 Å². The maximum absolute atomic E-state index is 12.7. The Labute approximate surface area is 157 Å². The quantitative estimate of drug-likeness (QED) is 0.406. The number of nitrogens with two attached hydrogens (primary N) is 1. The van der Waals surface area contributed by atoms with Gasteiger partial charge in [-0.1, -0.05) is 6.08 Å². The zero-order valence-electron chi connectivity index (χ0n) is 15.0. The van der Waals surface area contributed by atoms with E-state index in [4.69, 9.17) is 16.2 Å². The predicted molar refractivity (Wildman–Crippen MR) is 101 cm³/mol. The van der Waals surface area contributed by atoms with Crippen molar-refractivity contribution < 1.29 is 19.5 Å². The second-order valence-electron chi connectivity index (χ2n) is 6.40. The number of carbonyl (C=O) groups is 3. The molecule has 144 valence electrons. The molecule has 2 amide bonds. The van der Waals surface area contributed by atoms with E-state index in [0.717, 1.165) is 12.1 Å². The topological polar surface area (TPSA) is 137 Å². The molecule has 5 N–H and O–H groups in total. The minimum atomic E-state index is -0.893. The number of hydrogen-bond acceptors (Lipinski definition) is 4. The number of carbonyl (C=O) groups excluding carboxylic acids is 2. The van der Waals surface area contributed by atoms with Gasteiger partial charge in [0, 0.05) is 36.6 Å². The summed E-state index contributed by atoms with van der Waals surface area (Å²) in [5.74, 6) is -1.68. The lowest BCUT2D eigenvalue weighted by molar-refractivity contribution is -0.136. The van der Waals surface area contributed by atoms with Crippen molar-refractivity contribution >= 4 is 29.3 Å². The van der Waals surface area contributed by atoms with E-state index >= 15 is 0 Å². The van der Waals surface area contributed by atoms with Gasteiger partial charge in [-0.15, -0.1) is 0 Å². The van der Waals surface area contributed by atoms with E-state index in [9.17, 15) is 14.4 Å². The maximum Gasteiger partial charge on any atom is 0.303 e. The fourth-order valence-corrected chi connectivity index (χ4v) is 2.94. The SMILES string of the molecule is N=C(N)c1ccc(N2CCC[C@@H](CC(=O)NC=CCCC(=O)O)C2=O)cc1. The molecule has 8 heteroatoms. The summed E-state index contributed by atoms with van der Waals surface area (Å²) in [6, 6.07) is 6.90. The molecule has 1 aromatic carbocycles. The molecule has 0 radical (unpaired) electrons. The molecule has 1 fully saturated rings. The fraction of sp³-hybridized carbons (Fsp3) is 0.368. The van der Waals surface area contributed by atoms with Crippen LogP contribution >= 0.6 is 0 Å². The number of amides is 2. The maximum atomic E-state index is 12.7. The number of nitrogens with zero attached hydrogens (tertiary/aromatic N) is 1. The Balaban J connectivity index is 1.91. The highest BCUT2D eigenvalue weighted by molar-refractivity contribution is 5.99. The molecular formula is C19H24N4O4. The Hall–Kier alpha value is -3.16. The number of nitrogen functional groups attached to an aromatic ring is 1. The summed E-state index contributed by atoms with van der Waals surface area (Å²) in [6.45, 7) is 0.589. The van der Waals surface area contributed by atoms with Crippen LogP contribution in [0.25, 0.3) is 0 Å². The van der Waals surface area contributed by atoms with Gasteiger partial charge < -0.3 is 21.1 Å². The average Bonchev–Trinajstić information content (AvgIpc) is 2.63. The van der Waals surface area contributed by atoms with E-state index in [1.54, 1.807) is 35.2 Å². The zero-order valence-corrected chi connectivity index (χ0v) is 15.0. The lowest BCUT2D eigenvalue weighted by Crippen LogP contribution is -2.42. The van der Waals surface area contributed by atoms with Crippen molar-refractivity contribution in [3.8, 4) is 0 Å². The van der Waals surface area contributed by atoms with E-state index in [2.05, 4.69) is 5.32 Å². The summed E-state index contributed by atoms with van der Waals surface area (Å²) in [5, 5.41) is 18.5. The van der Waals surface area contributed by atoms with Crippen molar-refractivity contribution in [1.82, 2.24) is 5.32 Å². The van der Waals surface area contributed by atoms with Gasteiger partial charge in [-0.3, -0.25) is 19.8 Å². The van der Waals surface area contributed by atoms with Gasteiger partial charge in [0.25, 0.3) is 0 Å². The van der Waals surface area contributed by atoms with Gasteiger partial charge in [-0.2, -0.15) is 0 Å². The summed E-state index contributed by atoms with van der Waals surface area (Å²) in [6.07, 6.45) is 4.88. The molecule has 1 aromatic rings. The molecule has 0 unspecified atom stereocenters. The van der Waals surface area contributed by atoms with Crippen molar-refractivity contribution in [2.75, 3.05) is 11.4 Å². The van der Waals surface area contributed by atoms with Crippen LogP contribution in [0.3, 0.4) is 0 Å². The lowest BCUT2D eigenvalue weighted by atomic mass is 9.93. The highest BCUT2D eigenvalue weighted by atomic mass is 16.4. The standard InChI is InChI=1S/C19H24N4O4/c20-18(21)13-6-8-15(9-7-13)23-11-3-4-14(19(23)27)12-16(24)22-10-2-1-5-17(25)26/h2,6-10,14H,1,3-5,11-12H2,(H3,20,21)(H,22,24)(H,25,26)/t14-/m0/s1. The van der Waals surface area contributed by atoms with Gasteiger partial charge in [0.1, 0.15) is 5.84 Å². The second kappa shape index (κ2) is 9.51. The smallest absolute Gasteiger partial charge is 0.303 e. The normalized spacial score (nSPS) is 17.1. The van der Waals surface area contributed by atoms with Gasteiger partial charge >= 0.3 is 5.97 Å². The number of carboxylic acid groups (broad SMARTS) is 1. The van der Waals surface area contributed by atoms with E-state index in [1.165, 1.54) is 6.20 Å². The molecule has 1 heterocycles. The van der Waals surface area contributed by atoms with Crippen LogP contribution in [-0.2, 0) is 14.4 Å². The van der Waals surface area contributed by atoms with Crippen LogP contribution in [-0.4, -0.2) is 35.3 Å². The third-order valence-corrected chi connectivity index (χ3v) is 4.36. The van der Waals surface area contributed by atoms with Crippen molar-refractivity contribution in [3.05, 3.63) is 42.1 Å². The van der Waals surface area contributed by atoms with E-state index < -0.39 is 11.9 Å². The summed E-state index contributed by atoms with van der Waals surface area (Å²) in [4.78, 5) is 36.8. The van der Waals surface area contributed by atoms with Crippen molar-refractivity contribution in [2.24, 2.45) is 11.7 Å². The zero-order chi connectivity index (χ0) is 19.8. The molecule has 1 aliphatic rings. The Morgan fingerprint density at radius 2 is 2.04 bits per heavy atom. The number of aliphatic carboxylic acids is 1. The van der Waals surface area contributed by atoms with E-state index in [1.807, 2.05) is 0 Å². The van der Waals surface area contributed by atoms with Crippen LogP contribution in [0.5, 0.6) is 0 Å². The highest BCUT2D eigenvalue weighted by Crippen LogP contribution is 2.26. The Morgan fingerprint density at radius 1 is 1.33 bits per heavy atom. The minimum absolute atomic E-state index is 0.00482. The third kappa shape index (κ3) is 5.95. The van der Waals surface area contributed by atoms with Crippen molar-refractivity contribution in [2.45, 2.75) is 32.1 Å². The molecule has 0 aromatic heterocycles. The van der Waals surface area contributed by atoms with Crippen LogP contribution in [0.2, 0.25) is 0 Å². The number of benzene rings is 1. The molecule has 27 heavy (non-hydrogen) atoms. The fourth-order valence-electron chi connectivity index (χ4n) is 2.94. The largest absolute Gasteiger partial charge is 0.481 e. The number of carboxylic acids is 1. The van der Waals surface area contributed by atoms with Gasteiger partial charge in [-0.05, 0) is 49.7 Å². The number of anilines is 1. The first-order valence-electron chi connectivity index (χ1n) is 8.80. The summed E-state index contributed by atoms with van der Waals surface area (Å²) < 4.78 is 0.